The second-order valence-electron chi connectivity index (χ2n) is 3.76. The molecule has 0 bridgehead atoms. The molecule has 3 nitrogen and oxygen atoms in total. The van der Waals surface area contributed by atoms with E-state index in [9.17, 15) is 5.11 Å². The van der Waals surface area contributed by atoms with Gasteiger partial charge in [0.1, 0.15) is 5.75 Å². The Hall–Kier alpha value is -1.51. The molecule has 0 aliphatic rings. The van der Waals surface area contributed by atoms with Crippen LogP contribution in [-0.4, -0.2) is 10.9 Å². The third-order valence-electron chi connectivity index (χ3n) is 2.62. The van der Waals surface area contributed by atoms with Gasteiger partial charge >= 0.3 is 0 Å². The minimum atomic E-state index is 0.243. The first-order chi connectivity index (χ1) is 7.13. The lowest BCUT2D eigenvalue weighted by molar-refractivity contribution is 0.474. The first kappa shape index (κ1) is 11.6. The van der Waals surface area contributed by atoms with Crippen LogP contribution in [0.1, 0.15) is 37.7 Å². The smallest absolute Gasteiger partial charge is 0.115 e. The quantitative estimate of drug-likeness (QED) is 0.512. The third-order valence-corrected chi connectivity index (χ3v) is 2.62. The lowest BCUT2D eigenvalue weighted by Crippen LogP contribution is -2.11. The van der Waals surface area contributed by atoms with Crippen LogP contribution in [-0.2, 0) is 0 Å². The van der Waals surface area contributed by atoms with Crippen LogP contribution in [0.5, 0.6) is 5.75 Å². The second-order valence-corrected chi connectivity index (χ2v) is 3.76. The zero-order valence-corrected chi connectivity index (χ0v) is 9.03. The van der Waals surface area contributed by atoms with E-state index in [1.807, 2.05) is 12.1 Å². The average molecular weight is 206 g/mol. The van der Waals surface area contributed by atoms with Gasteiger partial charge in [0.25, 0.3) is 0 Å². The van der Waals surface area contributed by atoms with Crippen LogP contribution < -0.4 is 5.73 Å². The maximum absolute atomic E-state index is 9.18. The van der Waals surface area contributed by atoms with Crippen LogP contribution >= 0.6 is 0 Å². The van der Waals surface area contributed by atoms with E-state index >= 15 is 0 Å². The molecular formula is C12H18N2O. The molecule has 0 aliphatic heterocycles. The SMILES string of the molecule is CCC(CCC(=N)N)c1ccc(O)cc1. The van der Waals surface area contributed by atoms with Crippen molar-refractivity contribution in [3.05, 3.63) is 29.8 Å². The fourth-order valence-corrected chi connectivity index (χ4v) is 1.68. The number of hydrogen-bond donors (Lipinski definition) is 3. The van der Waals surface area contributed by atoms with Gasteiger partial charge in [-0.3, -0.25) is 5.41 Å². The Morgan fingerprint density at radius 3 is 2.47 bits per heavy atom. The molecule has 0 saturated carbocycles. The van der Waals surface area contributed by atoms with Gasteiger partial charge in [0.15, 0.2) is 0 Å². The van der Waals surface area contributed by atoms with E-state index in [-0.39, 0.29) is 5.84 Å². The predicted octanol–water partition coefficient (Wildman–Crippen LogP) is 2.60. The maximum Gasteiger partial charge on any atom is 0.115 e. The van der Waals surface area contributed by atoms with E-state index in [2.05, 4.69) is 6.92 Å². The highest BCUT2D eigenvalue weighted by molar-refractivity contribution is 5.76. The minimum Gasteiger partial charge on any atom is -0.508 e. The standard InChI is InChI=1S/C12H18N2O/c1-2-9(5-8-12(13)14)10-3-6-11(15)7-4-10/h3-4,6-7,9,15H,2,5,8H2,1H3,(H3,13,14). The summed E-state index contributed by atoms with van der Waals surface area (Å²) < 4.78 is 0. The van der Waals surface area contributed by atoms with Gasteiger partial charge in [0.05, 0.1) is 5.84 Å². The first-order valence-corrected chi connectivity index (χ1v) is 5.25. The summed E-state index contributed by atoms with van der Waals surface area (Å²) in [4.78, 5) is 0. The Kier molecular flexibility index (Phi) is 4.16. The van der Waals surface area contributed by atoms with Crippen molar-refractivity contribution in [2.75, 3.05) is 0 Å². The van der Waals surface area contributed by atoms with Crippen LogP contribution in [0.3, 0.4) is 0 Å². The summed E-state index contributed by atoms with van der Waals surface area (Å²) in [6.45, 7) is 2.12. The van der Waals surface area contributed by atoms with E-state index in [0.717, 1.165) is 12.8 Å². The van der Waals surface area contributed by atoms with Crippen molar-refractivity contribution >= 4 is 5.84 Å². The van der Waals surface area contributed by atoms with Crippen molar-refractivity contribution in [2.24, 2.45) is 5.73 Å². The third kappa shape index (κ3) is 3.62. The molecule has 0 saturated heterocycles. The second kappa shape index (κ2) is 5.39. The van der Waals surface area contributed by atoms with E-state index in [4.69, 9.17) is 11.1 Å². The van der Waals surface area contributed by atoms with Crippen LogP contribution in [0.25, 0.3) is 0 Å². The number of aromatic hydroxyl groups is 1. The molecule has 0 spiro atoms. The number of benzene rings is 1. The van der Waals surface area contributed by atoms with Gasteiger partial charge in [-0.15, -0.1) is 0 Å². The lowest BCUT2D eigenvalue weighted by atomic mass is 9.92. The Balaban J connectivity index is 2.65. The van der Waals surface area contributed by atoms with Crippen molar-refractivity contribution in [1.29, 1.82) is 5.41 Å². The number of nitrogens with two attached hydrogens (primary N) is 1. The molecule has 0 aromatic heterocycles. The van der Waals surface area contributed by atoms with Crippen LogP contribution in [0.15, 0.2) is 24.3 Å². The summed E-state index contributed by atoms with van der Waals surface area (Å²) >= 11 is 0. The topological polar surface area (TPSA) is 70.1 Å². The van der Waals surface area contributed by atoms with E-state index in [1.165, 1.54) is 5.56 Å². The van der Waals surface area contributed by atoms with Crippen molar-refractivity contribution in [2.45, 2.75) is 32.1 Å². The van der Waals surface area contributed by atoms with Crippen LogP contribution in [0, 0.1) is 5.41 Å². The van der Waals surface area contributed by atoms with E-state index < -0.39 is 0 Å². The number of phenolic OH excluding ortho intramolecular Hbond substituents is 1. The van der Waals surface area contributed by atoms with Crippen molar-refractivity contribution in [3.8, 4) is 5.75 Å². The monoisotopic (exact) mass is 206 g/mol. The number of phenols is 1. The van der Waals surface area contributed by atoms with Gasteiger partial charge in [-0.1, -0.05) is 19.1 Å². The number of rotatable bonds is 5. The van der Waals surface area contributed by atoms with E-state index in [0.29, 0.717) is 18.1 Å². The maximum atomic E-state index is 9.18. The highest BCUT2D eigenvalue weighted by Gasteiger charge is 2.09. The Morgan fingerprint density at radius 1 is 1.40 bits per heavy atom. The average Bonchev–Trinajstić information content (AvgIpc) is 2.21. The van der Waals surface area contributed by atoms with Crippen molar-refractivity contribution in [3.63, 3.8) is 0 Å². The highest BCUT2D eigenvalue weighted by atomic mass is 16.3. The van der Waals surface area contributed by atoms with Gasteiger partial charge in [-0.25, -0.2) is 0 Å². The minimum absolute atomic E-state index is 0.243. The van der Waals surface area contributed by atoms with Gasteiger partial charge in [-0.05, 0) is 36.5 Å². The largest absolute Gasteiger partial charge is 0.508 e. The number of nitrogens with one attached hydrogen (secondary N) is 1. The number of amidine groups is 1. The molecule has 1 rings (SSSR count). The fourth-order valence-electron chi connectivity index (χ4n) is 1.68. The van der Waals surface area contributed by atoms with Crippen LogP contribution in [0.4, 0.5) is 0 Å². The summed E-state index contributed by atoms with van der Waals surface area (Å²) in [5.74, 6) is 0.960. The lowest BCUT2D eigenvalue weighted by Gasteiger charge is -2.14. The normalized spacial score (nSPS) is 12.3. The molecule has 0 heterocycles. The first-order valence-electron chi connectivity index (χ1n) is 5.25. The van der Waals surface area contributed by atoms with Crippen molar-refractivity contribution in [1.82, 2.24) is 0 Å². The highest BCUT2D eigenvalue weighted by Crippen LogP contribution is 2.25. The van der Waals surface area contributed by atoms with Gasteiger partial charge in [-0.2, -0.15) is 0 Å². The molecule has 1 aromatic carbocycles. The predicted molar refractivity (Wildman–Crippen MR) is 62.3 cm³/mol. The summed E-state index contributed by atoms with van der Waals surface area (Å²) in [6.07, 6.45) is 2.56. The zero-order chi connectivity index (χ0) is 11.3. The summed E-state index contributed by atoms with van der Waals surface area (Å²) in [6, 6.07) is 7.27. The molecule has 0 aliphatic carbocycles. The van der Waals surface area contributed by atoms with E-state index in [1.54, 1.807) is 12.1 Å². The summed E-state index contributed by atoms with van der Waals surface area (Å²) in [5.41, 5.74) is 6.55. The molecule has 1 unspecified atom stereocenters. The molecule has 15 heavy (non-hydrogen) atoms. The van der Waals surface area contributed by atoms with Crippen molar-refractivity contribution < 1.29 is 5.11 Å². The Labute approximate surface area is 90.4 Å². The molecule has 3 heteroatoms. The van der Waals surface area contributed by atoms with Gasteiger partial charge in [0, 0.05) is 6.42 Å². The summed E-state index contributed by atoms with van der Waals surface area (Å²) in [7, 11) is 0. The molecule has 82 valence electrons. The molecule has 0 fully saturated rings. The van der Waals surface area contributed by atoms with Crippen LogP contribution in [0.2, 0.25) is 0 Å². The zero-order valence-electron chi connectivity index (χ0n) is 9.03. The molecule has 0 radical (unpaired) electrons. The van der Waals surface area contributed by atoms with Gasteiger partial charge < -0.3 is 10.8 Å². The Morgan fingerprint density at radius 2 is 2.00 bits per heavy atom. The molecule has 4 N–H and O–H groups in total. The fraction of sp³-hybridized carbons (Fsp3) is 0.417. The molecule has 1 atom stereocenters. The Bertz CT molecular complexity index is 319. The number of hydrogen-bond acceptors (Lipinski definition) is 2. The summed E-state index contributed by atoms with van der Waals surface area (Å²) in [5, 5.41) is 16.4. The molecule has 1 aromatic rings. The molecule has 0 amide bonds. The van der Waals surface area contributed by atoms with Gasteiger partial charge in [0.2, 0.25) is 0 Å². The molecular weight excluding hydrogens is 188 g/mol.